The summed E-state index contributed by atoms with van der Waals surface area (Å²) in [4.78, 5) is 151. The van der Waals surface area contributed by atoms with Crippen molar-refractivity contribution in [3.8, 4) is 0 Å². The number of amides is 11. The zero-order valence-electron chi connectivity index (χ0n) is 66.3. The number of aromatic amines is 1. The summed E-state index contributed by atoms with van der Waals surface area (Å²) in [5, 5.41) is 61.1. The molecule has 2 aliphatic heterocycles. The largest absolute Gasteiger partial charge is 0.391 e. The first kappa shape index (κ1) is 95.5. The fourth-order valence-corrected chi connectivity index (χ4v) is 13.2. The van der Waals surface area contributed by atoms with Crippen molar-refractivity contribution in [3.05, 3.63) is 71.9 Å². The molecular weight excluding hydrogens is 1440 g/mol. The Bertz CT molecular complexity index is 3340. The Labute approximate surface area is 659 Å². The van der Waals surface area contributed by atoms with Crippen LogP contribution in [0, 0.1) is 5.92 Å². The maximum Gasteiger partial charge on any atom is 0.243 e. The van der Waals surface area contributed by atoms with E-state index in [1.165, 1.54) is 69.1 Å². The first-order chi connectivity index (χ1) is 53.8. The number of carbonyl (C=O) groups is 11. The first-order valence-corrected chi connectivity index (χ1v) is 40.3. The minimum absolute atomic E-state index is 0.0179. The van der Waals surface area contributed by atoms with Crippen LogP contribution in [0.25, 0.3) is 10.9 Å². The molecule has 3 heterocycles. The third kappa shape index (κ3) is 39.1. The Hall–Kier alpha value is -8.86. The topological polar surface area (TPSA) is 523 Å². The van der Waals surface area contributed by atoms with Crippen LogP contribution in [0.15, 0.2) is 65.8 Å². The molecule has 3 aromatic rings. The van der Waals surface area contributed by atoms with Crippen LogP contribution < -0.4 is 76.1 Å². The molecule has 0 spiro atoms. The quantitative estimate of drug-likeness (QED) is 0.0165. The molecule has 628 valence electrons. The number of rotatable bonds is 44. The van der Waals surface area contributed by atoms with E-state index in [1.807, 2.05) is 31.2 Å². The number of hydrogen-bond acceptors (Lipinski definition) is 19. The van der Waals surface area contributed by atoms with Crippen molar-refractivity contribution in [1.29, 1.82) is 0 Å². The lowest BCUT2D eigenvalue weighted by molar-refractivity contribution is -0.142. The van der Waals surface area contributed by atoms with Crippen LogP contribution in [-0.4, -0.2) is 223 Å². The molecule has 11 atom stereocenters. The molecule has 22 N–H and O–H groups in total. The van der Waals surface area contributed by atoms with E-state index in [-0.39, 0.29) is 147 Å². The number of aromatic nitrogens is 1. The molecular formula is C79H131N17O16. The third-order valence-electron chi connectivity index (χ3n) is 19.7. The second-order valence-electron chi connectivity index (χ2n) is 29.1. The highest BCUT2D eigenvalue weighted by molar-refractivity contribution is 5.94. The number of unbranched alkanes of at least 4 members (excludes halogenated alkanes) is 13. The van der Waals surface area contributed by atoms with Crippen LogP contribution in [0.3, 0.4) is 0 Å². The molecule has 2 fully saturated rings. The number of likely N-dealkylation sites (N-methyl/N-ethyl adjacent to an activating group) is 1. The van der Waals surface area contributed by atoms with Gasteiger partial charge in [0, 0.05) is 88.3 Å². The number of hydrogen-bond donors (Lipinski definition) is 18. The summed E-state index contributed by atoms with van der Waals surface area (Å²) in [6.07, 6.45) is 18.4. The van der Waals surface area contributed by atoms with Crippen LogP contribution in [0.5, 0.6) is 0 Å². The predicted molar refractivity (Wildman–Crippen MR) is 426 cm³/mol. The second-order valence-corrected chi connectivity index (χ2v) is 29.1. The fraction of sp³-hybridized carbons (Fsp3) is 0.671. The Morgan fingerprint density at radius 1 is 0.679 bits per heavy atom. The van der Waals surface area contributed by atoms with E-state index in [0.29, 0.717) is 31.2 Å². The lowest BCUT2D eigenvalue weighted by Crippen LogP contribution is -2.61. The van der Waals surface area contributed by atoms with Gasteiger partial charge in [0.05, 0.1) is 57.2 Å². The van der Waals surface area contributed by atoms with Crippen molar-refractivity contribution in [3.63, 3.8) is 0 Å². The van der Waals surface area contributed by atoms with E-state index in [4.69, 9.17) is 32.4 Å². The average Bonchev–Trinajstić information content (AvgIpc) is 1.66. The molecule has 0 radical (unpaired) electrons. The third-order valence-corrected chi connectivity index (χ3v) is 19.7. The number of nitrogens with zero attached hydrogens (tertiary/aromatic N) is 2. The Morgan fingerprint density at radius 2 is 1.34 bits per heavy atom. The normalized spacial score (nSPS) is 20.5. The number of H-pyrrole nitrogens is 1. The van der Waals surface area contributed by atoms with Gasteiger partial charge < -0.3 is 100 Å². The monoisotopic (exact) mass is 1570 g/mol. The van der Waals surface area contributed by atoms with Gasteiger partial charge in [0.2, 0.25) is 65.0 Å². The summed E-state index contributed by atoms with van der Waals surface area (Å²) in [5.41, 5.74) is 24.4. The van der Waals surface area contributed by atoms with E-state index in [2.05, 4.69) is 70.1 Å². The Balaban J connectivity index is 0.000000485. The number of para-hydroxylation sites is 1. The lowest BCUT2D eigenvalue weighted by Gasteiger charge is -2.31. The van der Waals surface area contributed by atoms with Crippen molar-refractivity contribution < 1.29 is 77.5 Å². The summed E-state index contributed by atoms with van der Waals surface area (Å²) >= 11 is 0. The van der Waals surface area contributed by atoms with E-state index >= 15 is 0 Å². The standard InChI is InChI=1S/C43H61N11O8.C36H70N6O8/c1-25-16-17-36(56)47-18-8-7-14-31(37(44)57)50-40(60)34(21-27-23-49-30-13-6-5-12-29(27)30)52-38(58)32(15-9-19-48-43(45)46)51-39(59)33(20-26-10-3-2-4-11-26)53-41(61)35-22-28(55)24-54(35)42(25)62;1-4-6-8-9-10-11-12-13-14-15-16-17-18-20-32(44)40-27-33(45)41-30(21-22-31(37)43)36(48)39-23-24-49-25-26-50-28-34(46)42-29(19-7-5-2)35(47)38-3/h2-6,10-13,23,25,28,31-35,38,49,52,55,58H,7-9,14-22,24H2,1H3,(H2,44,57)(H,47,56)(H,50,60)(H,51,59)(H,53,61)(H4,45,46,48);29-30,34,42,46H,4-28H2,1-3H3,(H2,37,43)(H,38,47)(H,39,48)(H,40,44)(H,41,45)/t25-,28+,31-,32-,33+,34-,35-,38-;29-,30-,34+/m00/s1. The van der Waals surface area contributed by atoms with Crippen LogP contribution in [0.1, 0.15) is 205 Å². The molecule has 33 heteroatoms. The van der Waals surface area contributed by atoms with Gasteiger partial charge in [-0.15, -0.1) is 0 Å². The predicted octanol–water partition coefficient (Wildman–Crippen LogP) is 1.60. The molecule has 33 nitrogen and oxygen atoms in total. The van der Waals surface area contributed by atoms with Crippen molar-refractivity contribution in [2.45, 2.75) is 268 Å². The number of fused-ring (bicyclic) bond motifs is 2. The molecule has 2 saturated heterocycles. The summed E-state index contributed by atoms with van der Waals surface area (Å²) in [7, 11) is 1.55. The zero-order valence-corrected chi connectivity index (χ0v) is 66.3. The maximum atomic E-state index is 14.4. The van der Waals surface area contributed by atoms with Gasteiger partial charge in [0.1, 0.15) is 36.6 Å². The van der Waals surface area contributed by atoms with Gasteiger partial charge in [-0.25, -0.2) is 0 Å². The number of primary amides is 2. The summed E-state index contributed by atoms with van der Waals surface area (Å²) < 4.78 is 10.9. The fourth-order valence-electron chi connectivity index (χ4n) is 13.2. The van der Waals surface area contributed by atoms with Gasteiger partial charge in [0.15, 0.2) is 5.96 Å². The van der Waals surface area contributed by atoms with Gasteiger partial charge in [-0.1, -0.05) is 159 Å². The van der Waals surface area contributed by atoms with E-state index < -0.39 is 114 Å². The maximum absolute atomic E-state index is 14.4. The minimum Gasteiger partial charge on any atom is -0.391 e. The summed E-state index contributed by atoms with van der Waals surface area (Å²) in [5.74, 6) is -6.28. The van der Waals surface area contributed by atoms with Gasteiger partial charge in [-0.2, -0.15) is 0 Å². The molecule has 5 rings (SSSR count). The number of nitrogens with two attached hydrogens (primary N) is 4. The molecule has 0 unspecified atom stereocenters. The molecule has 0 bridgehead atoms. The van der Waals surface area contributed by atoms with Crippen molar-refractivity contribution in [1.82, 2.24) is 63.1 Å². The van der Waals surface area contributed by atoms with E-state index in [0.717, 1.165) is 48.6 Å². The van der Waals surface area contributed by atoms with Crippen LogP contribution >= 0.6 is 0 Å². The number of carbonyl (C=O) groups excluding carboxylic acids is 11. The molecule has 0 saturated carbocycles. The average molecular weight is 1580 g/mol. The van der Waals surface area contributed by atoms with Gasteiger partial charge in [-0.3, -0.25) is 68.4 Å². The highest BCUT2D eigenvalue weighted by atomic mass is 16.5. The minimum atomic E-state index is -1.58. The summed E-state index contributed by atoms with van der Waals surface area (Å²) in [6, 6.07) is 9.29. The van der Waals surface area contributed by atoms with Crippen molar-refractivity contribution in [2.75, 3.05) is 66.2 Å². The van der Waals surface area contributed by atoms with E-state index in [9.17, 15) is 68.1 Å². The molecule has 11 amide bonds. The number of guanidine groups is 1. The number of nitrogens with one attached hydrogen (secondary N) is 11. The van der Waals surface area contributed by atoms with Crippen LogP contribution in [-0.2, 0) is 75.1 Å². The number of aliphatic hydroxyl groups is 3. The van der Waals surface area contributed by atoms with Crippen molar-refractivity contribution in [2.24, 2.45) is 33.8 Å². The molecule has 0 aliphatic carbocycles. The SMILES string of the molecule is CCCCCCCCCCCCCCCC(=O)NCC(=O)N[C@@H](CCC(N)=O)C(=O)NCCOCCOC[C@@H](O)N[C@@H](CCCC)C(=O)NC.C[C@H]1CCC(=O)NCCCC[C@@H](C(N)=O)NC(=O)[C@H](Cc2c[nH]c3ccccc23)N[C@@H](O)[C@H](CCCN=C(N)N)NC(=O)[C@@H](Cc2ccccc2)NC(=O)[C@@H]2C[C@@H](O)CN2C1=O. The Kier molecular flexibility index (Phi) is 47.4. The summed E-state index contributed by atoms with van der Waals surface area (Å²) in [6.45, 7) is 6.66. The smallest absolute Gasteiger partial charge is 0.243 e. The lowest BCUT2D eigenvalue weighted by atomic mass is 10.0. The molecule has 1 aromatic heterocycles. The van der Waals surface area contributed by atoms with Crippen LogP contribution in [0.2, 0.25) is 0 Å². The van der Waals surface area contributed by atoms with E-state index in [1.54, 1.807) is 50.5 Å². The number of ether oxygens (including phenoxy) is 2. The molecule has 2 aromatic carbocycles. The van der Waals surface area contributed by atoms with Crippen LogP contribution in [0.4, 0.5) is 0 Å². The first-order valence-electron chi connectivity index (χ1n) is 40.3. The molecule has 2 aliphatic rings. The number of aliphatic hydroxyl groups excluding tert-OH is 3. The second kappa shape index (κ2) is 55.6. The van der Waals surface area contributed by atoms with Gasteiger partial charge in [-0.05, 0) is 81.4 Å². The van der Waals surface area contributed by atoms with Gasteiger partial charge >= 0.3 is 0 Å². The Morgan fingerprint density at radius 3 is 2.01 bits per heavy atom. The molecule has 112 heavy (non-hydrogen) atoms. The van der Waals surface area contributed by atoms with Crippen molar-refractivity contribution >= 4 is 81.8 Å². The highest BCUT2D eigenvalue weighted by Gasteiger charge is 2.42. The number of aliphatic imine (C=N–C) groups is 1. The zero-order chi connectivity index (χ0) is 82.0. The van der Waals surface area contributed by atoms with Gasteiger partial charge in [0.25, 0.3) is 0 Å². The number of benzene rings is 2. The highest BCUT2D eigenvalue weighted by Crippen LogP contribution is 2.25.